The summed E-state index contributed by atoms with van der Waals surface area (Å²) in [6.07, 6.45) is 5.92. The van der Waals surface area contributed by atoms with Gasteiger partial charge in [0.15, 0.2) is 0 Å². The van der Waals surface area contributed by atoms with E-state index >= 15 is 0 Å². The minimum atomic E-state index is -0.610. The SMILES string of the molecule is O=C(Cn1ccnc1)N1CCC(C(O)c2ccc(F)cc2)CC1. The number of aromatic nitrogens is 2. The van der Waals surface area contributed by atoms with E-state index in [0.717, 1.165) is 18.4 Å². The Morgan fingerprint density at radius 1 is 1.30 bits per heavy atom. The van der Waals surface area contributed by atoms with Crippen LogP contribution in [0.3, 0.4) is 0 Å². The molecule has 0 saturated carbocycles. The van der Waals surface area contributed by atoms with Gasteiger partial charge in [-0.3, -0.25) is 4.79 Å². The summed E-state index contributed by atoms with van der Waals surface area (Å²) in [5.41, 5.74) is 0.731. The van der Waals surface area contributed by atoms with E-state index < -0.39 is 6.10 Å². The Balaban J connectivity index is 1.53. The van der Waals surface area contributed by atoms with Crippen LogP contribution in [0.5, 0.6) is 0 Å². The maximum absolute atomic E-state index is 13.0. The van der Waals surface area contributed by atoms with Gasteiger partial charge < -0.3 is 14.6 Å². The third-order valence-corrected chi connectivity index (χ3v) is 4.43. The van der Waals surface area contributed by atoms with Crippen LogP contribution in [-0.2, 0) is 11.3 Å². The van der Waals surface area contributed by atoms with Gasteiger partial charge in [0.25, 0.3) is 0 Å². The van der Waals surface area contributed by atoms with Crippen molar-refractivity contribution < 1.29 is 14.3 Å². The predicted octanol–water partition coefficient (Wildman–Crippen LogP) is 1.99. The number of rotatable bonds is 4. The number of hydrogen-bond donors (Lipinski definition) is 1. The molecule has 2 aromatic rings. The summed E-state index contributed by atoms with van der Waals surface area (Å²) in [6, 6.07) is 5.97. The molecule has 1 aliphatic heterocycles. The van der Waals surface area contributed by atoms with E-state index in [1.807, 2.05) is 4.90 Å². The van der Waals surface area contributed by atoms with Crippen molar-refractivity contribution in [1.82, 2.24) is 14.5 Å². The van der Waals surface area contributed by atoms with E-state index in [1.165, 1.54) is 12.1 Å². The number of hydrogen-bond acceptors (Lipinski definition) is 3. The van der Waals surface area contributed by atoms with E-state index in [0.29, 0.717) is 19.6 Å². The van der Waals surface area contributed by atoms with Crippen LogP contribution in [0.25, 0.3) is 0 Å². The number of imidazole rings is 1. The van der Waals surface area contributed by atoms with Crippen molar-refractivity contribution in [3.63, 3.8) is 0 Å². The van der Waals surface area contributed by atoms with Crippen LogP contribution in [0.15, 0.2) is 43.0 Å². The highest BCUT2D eigenvalue weighted by Gasteiger charge is 2.28. The molecule has 1 fully saturated rings. The average molecular weight is 317 g/mol. The molecule has 1 N–H and O–H groups in total. The summed E-state index contributed by atoms with van der Waals surface area (Å²) in [7, 11) is 0. The van der Waals surface area contributed by atoms with Gasteiger partial charge in [-0.05, 0) is 36.5 Å². The molecule has 1 aromatic heterocycles. The van der Waals surface area contributed by atoms with Gasteiger partial charge in [0, 0.05) is 25.5 Å². The molecule has 1 saturated heterocycles. The molecule has 1 amide bonds. The van der Waals surface area contributed by atoms with E-state index in [2.05, 4.69) is 4.98 Å². The van der Waals surface area contributed by atoms with Crippen LogP contribution in [0.4, 0.5) is 4.39 Å². The zero-order valence-corrected chi connectivity index (χ0v) is 12.8. The molecule has 2 heterocycles. The Labute approximate surface area is 134 Å². The predicted molar refractivity (Wildman–Crippen MR) is 82.9 cm³/mol. The zero-order valence-electron chi connectivity index (χ0n) is 12.8. The molecule has 0 radical (unpaired) electrons. The minimum Gasteiger partial charge on any atom is -0.388 e. The molecule has 23 heavy (non-hydrogen) atoms. The standard InChI is InChI=1S/C17H20FN3O2/c18-15-3-1-13(2-4-15)17(23)14-5-8-21(9-6-14)16(22)11-20-10-7-19-12-20/h1-4,7,10,12,14,17,23H,5-6,8-9,11H2. The number of benzene rings is 1. The van der Waals surface area contributed by atoms with Gasteiger partial charge in [-0.25, -0.2) is 9.37 Å². The second-order valence-electron chi connectivity index (χ2n) is 5.95. The van der Waals surface area contributed by atoms with Gasteiger partial charge in [0.1, 0.15) is 12.4 Å². The third kappa shape index (κ3) is 3.76. The van der Waals surface area contributed by atoms with Crippen molar-refractivity contribution in [2.24, 2.45) is 5.92 Å². The molecule has 0 aliphatic carbocycles. The number of likely N-dealkylation sites (tertiary alicyclic amines) is 1. The molecule has 6 heteroatoms. The second kappa shape index (κ2) is 6.91. The van der Waals surface area contributed by atoms with E-state index in [-0.39, 0.29) is 17.6 Å². The van der Waals surface area contributed by atoms with Crippen LogP contribution in [-0.4, -0.2) is 38.6 Å². The first-order valence-corrected chi connectivity index (χ1v) is 7.80. The molecular weight excluding hydrogens is 297 g/mol. The van der Waals surface area contributed by atoms with E-state index in [9.17, 15) is 14.3 Å². The maximum Gasteiger partial charge on any atom is 0.242 e. The van der Waals surface area contributed by atoms with Crippen molar-refractivity contribution in [2.75, 3.05) is 13.1 Å². The number of nitrogens with zero attached hydrogens (tertiary/aromatic N) is 3. The summed E-state index contributed by atoms with van der Waals surface area (Å²) in [6.45, 7) is 1.57. The van der Waals surface area contributed by atoms with Crippen molar-refractivity contribution in [1.29, 1.82) is 0 Å². The molecule has 0 spiro atoms. The molecule has 1 aliphatic rings. The van der Waals surface area contributed by atoms with Gasteiger partial charge in [-0.1, -0.05) is 12.1 Å². The first-order valence-electron chi connectivity index (χ1n) is 7.80. The van der Waals surface area contributed by atoms with Gasteiger partial charge in [-0.2, -0.15) is 0 Å². The van der Waals surface area contributed by atoms with Crippen molar-refractivity contribution in [2.45, 2.75) is 25.5 Å². The Hall–Kier alpha value is -2.21. The van der Waals surface area contributed by atoms with E-state index in [1.54, 1.807) is 35.4 Å². The van der Waals surface area contributed by atoms with Gasteiger partial charge in [0.05, 0.1) is 12.4 Å². The Kier molecular flexibility index (Phi) is 4.71. The zero-order chi connectivity index (χ0) is 16.2. The Morgan fingerprint density at radius 2 is 2.00 bits per heavy atom. The molecular formula is C17H20FN3O2. The lowest BCUT2D eigenvalue weighted by Crippen LogP contribution is -2.41. The van der Waals surface area contributed by atoms with Crippen LogP contribution < -0.4 is 0 Å². The van der Waals surface area contributed by atoms with Crippen molar-refractivity contribution in [3.05, 3.63) is 54.4 Å². The van der Waals surface area contributed by atoms with Crippen molar-refractivity contribution >= 4 is 5.91 Å². The van der Waals surface area contributed by atoms with E-state index in [4.69, 9.17) is 0 Å². The number of carbonyl (C=O) groups is 1. The highest BCUT2D eigenvalue weighted by molar-refractivity contribution is 5.76. The van der Waals surface area contributed by atoms with Crippen LogP contribution in [0.2, 0.25) is 0 Å². The average Bonchev–Trinajstić information content (AvgIpc) is 3.08. The summed E-state index contributed by atoms with van der Waals surface area (Å²) >= 11 is 0. The van der Waals surface area contributed by atoms with Gasteiger partial charge >= 0.3 is 0 Å². The number of aliphatic hydroxyl groups is 1. The molecule has 122 valence electrons. The molecule has 1 unspecified atom stereocenters. The fraction of sp³-hybridized carbons (Fsp3) is 0.412. The summed E-state index contributed by atoms with van der Waals surface area (Å²) < 4.78 is 14.7. The Bertz CT molecular complexity index is 634. The lowest BCUT2D eigenvalue weighted by atomic mass is 9.87. The number of halogens is 1. The first-order chi connectivity index (χ1) is 11.1. The molecule has 1 aromatic carbocycles. The molecule has 3 rings (SSSR count). The molecule has 0 bridgehead atoms. The van der Waals surface area contributed by atoms with Gasteiger partial charge in [-0.15, -0.1) is 0 Å². The summed E-state index contributed by atoms with van der Waals surface area (Å²) in [4.78, 5) is 18.0. The normalized spacial score (nSPS) is 17.2. The lowest BCUT2D eigenvalue weighted by Gasteiger charge is -2.34. The lowest BCUT2D eigenvalue weighted by molar-refractivity contribution is -0.133. The fourth-order valence-electron chi connectivity index (χ4n) is 3.03. The van der Waals surface area contributed by atoms with Gasteiger partial charge in [0.2, 0.25) is 5.91 Å². The quantitative estimate of drug-likeness (QED) is 0.938. The fourth-order valence-corrected chi connectivity index (χ4v) is 3.03. The smallest absolute Gasteiger partial charge is 0.242 e. The molecule has 5 nitrogen and oxygen atoms in total. The summed E-state index contributed by atoms with van der Waals surface area (Å²) in [5.74, 6) is -0.142. The number of piperidine rings is 1. The number of carbonyl (C=O) groups excluding carboxylic acids is 1. The maximum atomic E-state index is 13.0. The van der Waals surface area contributed by atoms with Crippen LogP contribution in [0.1, 0.15) is 24.5 Å². The molecule has 1 atom stereocenters. The number of amides is 1. The second-order valence-corrected chi connectivity index (χ2v) is 5.95. The topological polar surface area (TPSA) is 58.4 Å². The highest BCUT2D eigenvalue weighted by Crippen LogP contribution is 2.30. The van der Waals surface area contributed by atoms with Crippen LogP contribution in [0, 0.1) is 11.7 Å². The van der Waals surface area contributed by atoms with Crippen LogP contribution >= 0.6 is 0 Å². The largest absolute Gasteiger partial charge is 0.388 e. The highest BCUT2D eigenvalue weighted by atomic mass is 19.1. The minimum absolute atomic E-state index is 0.0673. The number of aliphatic hydroxyl groups excluding tert-OH is 1. The monoisotopic (exact) mass is 317 g/mol. The summed E-state index contributed by atoms with van der Waals surface area (Å²) in [5, 5.41) is 10.4. The third-order valence-electron chi connectivity index (χ3n) is 4.43. The Morgan fingerprint density at radius 3 is 2.61 bits per heavy atom. The first kappa shape index (κ1) is 15.7. The van der Waals surface area contributed by atoms with Crippen molar-refractivity contribution in [3.8, 4) is 0 Å².